The summed E-state index contributed by atoms with van der Waals surface area (Å²) in [5, 5.41) is 7.55. The van der Waals surface area contributed by atoms with E-state index < -0.39 is 35.4 Å². The fourth-order valence-electron chi connectivity index (χ4n) is 4.33. The van der Waals surface area contributed by atoms with Crippen LogP contribution in [0.25, 0.3) is 16.8 Å². The number of alkyl halides is 2. The summed E-state index contributed by atoms with van der Waals surface area (Å²) in [5.74, 6) is -1.96. The van der Waals surface area contributed by atoms with Gasteiger partial charge in [-0.2, -0.15) is 0 Å². The molecule has 0 spiro atoms. The van der Waals surface area contributed by atoms with E-state index in [-0.39, 0.29) is 35.5 Å². The first-order valence-electron chi connectivity index (χ1n) is 12.0. The third-order valence-electron chi connectivity index (χ3n) is 6.27. The molecule has 1 amide bonds. The second kappa shape index (κ2) is 11.7. The zero-order valence-corrected chi connectivity index (χ0v) is 22.0. The average Bonchev–Trinajstić information content (AvgIpc) is 3.40. The largest absolute Gasteiger partial charge is 0.495 e. The van der Waals surface area contributed by atoms with Crippen LogP contribution < -0.4 is 16.0 Å². The van der Waals surface area contributed by atoms with Gasteiger partial charge < -0.3 is 15.0 Å². The third kappa shape index (κ3) is 5.76. The molecule has 0 saturated carbocycles. The van der Waals surface area contributed by atoms with Gasteiger partial charge >= 0.3 is 0 Å². The van der Waals surface area contributed by atoms with Gasteiger partial charge in [0.25, 0.3) is 17.9 Å². The molecule has 2 heterocycles. The molecule has 2 N–H and O–H groups in total. The Hall–Kier alpha value is -4.45. The molecule has 208 valence electrons. The van der Waals surface area contributed by atoms with E-state index in [0.29, 0.717) is 21.8 Å². The van der Waals surface area contributed by atoms with E-state index in [9.17, 15) is 27.6 Å². The van der Waals surface area contributed by atoms with Gasteiger partial charge in [-0.15, -0.1) is 5.10 Å². The lowest BCUT2D eigenvalue weighted by Crippen LogP contribution is -2.30. The van der Waals surface area contributed by atoms with Gasteiger partial charge in [0.05, 0.1) is 36.8 Å². The second-order valence-electron chi connectivity index (χ2n) is 8.80. The number of amides is 1. The Balaban J connectivity index is 1.73. The van der Waals surface area contributed by atoms with Crippen LogP contribution in [0.5, 0.6) is 5.75 Å². The van der Waals surface area contributed by atoms with Crippen LogP contribution in [-0.4, -0.2) is 38.4 Å². The summed E-state index contributed by atoms with van der Waals surface area (Å²) in [7, 11) is 1.37. The number of ether oxygens (including phenoxy) is 1. The zero-order valence-electron chi connectivity index (χ0n) is 21.3. The van der Waals surface area contributed by atoms with Crippen molar-refractivity contribution in [3.8, 4) is 22.6 Å². The first-order valence-corrected chi connectivity index (χ1v) is 12.3. The number of Topliss-reactive ketones (excluding diaryl/α,β-unsaturated/α-hetero) is 1. The predicted molar refractivity (Wildman–Crippen MR) is 141 cm³/mol. The second-order valence-corrected chi connectivity index (χ2v) is 9.23. The number of ketones is 1. The minimum atomic E-state index is -2.83. The van der Waals surface area contributed by atoms with E-state index >= 15 is 0 Å². The quantitative estimate of drug-likeness (QED) is 0.293. The van der Waals surface area contributed by atoms with Crippen molar-refractivity contribution in [2.75, 3.05) is 7.11 Å². The molecule has 4 aromatic rings. The van der Waals surface area contributed by atoms with Gasteiger partial charge in [-0.3, -0.25) is 14.4 Å². The number of carbonyl (C=O) groups excluding carboxylic acids is 2. The summed E-state index contributed by atoms with van der Waals surface area (Å²) in [6.07, 6.45) is -0.361. The van der Waals surface area contributed by atoms with Crippen molar-refractivity contribution in [2.45, 2.75) is 32.2 Å². The topological polar surface area (TPSA) is 122 Å². The molecule has 2 aromatic carbocycles. The standard InChI is InChI=1S/C27H23ClF3N5O4/c1-3-21(23(37)9-14-4-6-16(27(32)39)19(29)8-14)35-13-24(40-2)18(11-25(35)38)17-10-15(28)5-7-22(17)36-12-20(26(30)31)33-34-36/h4-8,10-13,21,26H,3,9H2,1-2H3,(H2,32,39). The van der Waals surface area contributed by atoms with Crippen LogP contribution in [0.3, 0.4) is 0 Å². The third-order valence-corrected chi connectivity index (χ3v) is 6.50. The summed E-state index contributed by atoms with van der Waals surface area (Å²) < 4.78 is 48.3. The Morgan fingerprint density at radius 2 is 1.85 bits per heavy atom. The Morgan fingerprint density at radius 3 is 2.45 bits per heavy atom. The molecular formula is C27H23ClF3N5O4. The van der Waals surface area contributed by atoms with Crippen molar-refractivity contribution in [1.82, 2.24) is 19.6 Å². The van der Waals surface area contributed by atoms with Crippen molar-refractivity contribution < 1.29 is 27.5 Å². The molecule has 0 radical (unpaired) electrons. The number of pyridine rings is 1. The molecule has 2 aromatic heterocycles. The van der Waals surface area contributed by atoms with E-state index in [2.05, 4.69) is 10.3 Å². The molecule has 1 unspecified atom stereocenters. The molecule has 0 aliphatic heterocycles. The fourth-order valence-corrected chi connectivity index (χ4v) is 4.50. The van der Waals surface area contributed by atoms with E-state index in [1.54, 1.807) is 6.92 Å². The van der Waals surface area contributed by atoms with Crippen LogP contribution in [0.1, 0.15) is 47.4 Å². The highest BCUT2D eigenvalue weighted by Gasteiger charge is 2.24. The number of nitrogens with zero attached hydrogens (tertiary/aromatic N) is 4. The molecule has 1 atom stereocenters. The molecule has 0 bridgehead atoms. The molecule has 9 nitrogen and oxygen atoms in total. The highest BCUT2D eigenvalue weighted by molar-refractivity contribution is 6.31. The van der Waals surface area contributed by atoms with Crippen molar-refractivity contribution in [3.05, 3.63) is 92.9 Å². The molecule has 0 aliphatic rings. The van der Waals surface area contributed by atoms with Crippen LogP contribution in [0, 0.1) is 5.82 Å². The average molecular weight is 574 g/mol. The monoisotopic (exact) mass is 573 g/mol. The molecule has 13 heteroatoms. The highest BCUT2D eigenvalue weighted by atomic mass is 35.5. The molecule has 0 fully saturated rings. The van der Waals surface area contributed by atoms with Gasteiger partial charge in [-0.05, 0) is 42.3 Å². The molecule has 40 heavy (non-hydrogen) atoms. The molecular weight excluding hydrogens is 551 g/mol. The summed E-state index contributed by atoms with van der Waals surface area (Å²) >= 11 is 6.22. The molecule has 4 rings (SSSR count). The maximum atomic E-state index is 14.2. The van der Waals surface area contributed by atoms with Gasteiger partial charge in [0.15, 0.2) is 5.78 Å². The summed E-state index contributed by atoms with van der Waals surface area (Å²) in [5.41, 5.74) is 5.00. The number of carbonyl (C=O) groups is 2. The lowest BCUT2D eigenvalue weighted by molar-refractivity contribution is -0.121. The Kier molecular flexibility index (Phi) is 8.38. The van der Waals surface area contributed by atoms with E-state index in [4.69, 9.17) is 22.1 Å². The van der Waals surface area contributed by atoms with Crippen molar-refractivity contribution in [1.29, 1.82) is 0 Å². The van der Waals surface area contributed by atoms with Crippen LogP contribution in [-0.2, 0) is 11.2 Å². The SMILES string of the molecule is CCC(C(=O)Cc1ccc(C(N)=O)c(F)c1)n1cc(OC)c(-c2cc(Cl)ccc2-n2cc(C(F)F)nn2)cc1=O. The van der Waals surface area contributed by atoms with Crippen LogP contribution >= 0.6 is 11.6 Å². The number of methoxy groups -OCH3 is 1. The highest BCUT2D eigenvalue weighted by Crippen LogP contribution is 2.35. The maximum Gasteiger partial charge on any atom is 0.283 e. The lowest BCUT2D eigenvalue weighted by Gasteiger charge is -2.20. The van der Waals surface area contributed by atoms with Gasteiger partial charge in [0.2, 0.25) is 0 Å². The Morgan fingerprint density at radius 1 is 1.10 bits per heavy atom. The number of benzene rings is 2. The smallest absolute Gasteiger partial charge is 0.283 e. The van der Waals surface area contributed by atoms with Gasteiger partial charge in [-0.1, -0.05) is 29.8 Å². The van der Waals surface area contributed by atoms with Crippen molar-refractivity contribution >= 4 is 23.3 Å². The van der Waals surface area contributed by atoms with E-state index in [0.717, 1.165) is 16.9 Å². The van der Waals surface area contributed by atoms with Crippen molar-refractivity contribution in [3.63, 3.8) is 0 Å². The first-order chi connectivity index (χ1) is 19.0. The summed E-state index contributed by atoms with van der Waals surface area (Å²) in [6.45, 7) is 1.71. The summed E-state index contributed by atoms with van der Waals surface area (Å²) in [6, 6.07) is 8.59. The van der Waals surface area contributed by atoms with Crippen molar-refractivity contribution in [2.24, 2.45) is 5.73 Å². The van der Waals surface area contributed by atoms with Gasteiger partial charge in [0.1, 0.15) is 17.3 Å². The van der Waals surface area contributed by atoms with E-state index in [1.165, 1.54) is 54.3 Å². The number of nitrogens with two attached hydrogens (primary N) is 1. The normalized spacial score (nSPS) is 12.0. The fraction of sp³-hybridized carbons (Fsp3) is 0.222. The number of rotatable bonds is 10. The summed E-state index contributed by atoms with van der Waals surface area (Å²) in [4.78, 5) is 37.8. The zero-order chi connectivity index (χ0) is 29.1. The first kappa shape index (κ1) is 28.6. The van der Waals surface area contributed by atoms with Gasteiger partial charge in [-0.25, -0.2) is 17.9 Å². The number of primary amides is 1. The molecule has 0 saturated heterocycles. The molecule has 0 aliphatic carbocycles. The number of halogens is 4. The minimum Gasteiger partial charge on any atom is -0.495 e. The maximum absolute atomic E-state index is 14.2. The van der Waals surface area contributed by atoms with Crippen LogP contribution in [0.2, 0.25) is 5.02 Å². The Labute approximate surface area is 230 Å². The predicted octanol–water partition coefficient (Wildman–Crippen LogP) is 4.70. The number of hydrogen-bond donors (Lipinski definition) is 1. The van der Waals surface area contributed by atoms with Crippen LogP contribution in [0.15, 0.2) is 59.7 Å². The number of hydrogen-bond acceptors (Lipinski definition) is 6. The number of aromatic nitrogens is 4. The van der Waals surface area contributed by atoms with E-state index in [1.807, 2.05) is 0 Å². The van der Waals surface area contributed by atoms with Crippen LogP contribution in [0.4, 0.5) is 13.2 Å². The minimum absolute atomic E-state index is 0.195. The Bertz CT molecular complexity index is 1650. The van der Waals surface area contributed by atoms with Gasteiger partial charge in [0, 0.05) is 28.6 Å². The lowest BCUT2D eigenvalue weighted by atomic mass is 9.99.